The topological polar surface area (TPSA) is 59.1 Å². The van der Waals surface area contributed by atoms with Crippen molar-refractivity contribution >= 4 is 10.0 Å². The Kier molecular flexibility index (Phi) is 4.78. The number of pyridine rings is 1. The van der Waals surface area contributed by atoms with Gasteiger partial charge in [-0.3, -0.25) is 4.98 Å². The van der Waals surface area contributed by atoms with Crippen molar-refractivity contribution in [3.05, 3.63) is 53.1 Å². The van der Waals surface area contributed by atoms with E-state index in [-0.39, 0.29) is 5.56 Å². The molecule has 0 saturated carbocycles. The molecule has 26 heavy (non-hydrogen) atoms. The van der Waals surface area contributed by atoms with Gasteiger partial charge in [0, 0.05) is 29.6 Å². The minimum absolute atomic E-state index is 0.0161. The van der Waals surface area contributed by atoms with Crippen molar-refractivity contribution in [1.82, 2.24) is 9.71 Å². The van der Waals surface area contributed by atoms with E-state index in [4.69, 9.17) is 0 Å². The lowest BCUT2D eigenvalue weighted by atomic mass is 9.85. The summed E-state index contributed by atoms with van der Waals surface area (Å²) in [6, 6.07) is 1.89. The van der Waals surface area contributed by atoms with Crippen molar-refractivity contribution in [2.75, 3.05) is 6.26 Å². The fourth-order valence-corrected chi connectivity index (χ4v) is 4.01. The number of hydrogen-bond donors (Lipinski definition) is 1. The quantitative estimate of drug-likeness (QED) is 0.813. The van der Waals surface area contributed by atoms with Crippen LogP contribution in [0.5, 0.6) is 0 Å². The predicted octanol–water partition coefficient (Wildman–Crippen LogP) is 3.83. The summed E-state index contributed by atoms with van der Waals surface area (Å²) in [6.07, 6.45) is 1.14. The van der Waals surface area contributed by atoms with Crippen molar-refractivity contribution in [2.24, 2.45) is 0 Å². The van der Waals surface area contributed by atoms with Gasteiger partial charge in [0.15, 0.2) is 0 Å². The van der Waals surface area contributed by atoms with Gasteiger partial charge in [0.1, 0.15) is 5.82 Å². The Hall–Kier alpha value is -2.00. The van der Waals surface area contributed by atoms with Crippen LogP contribution < -0.4 is 4.72 Å². The van der Waals surface area contributed by atoms with Gasteiger partial charge in [0.2, 0.25) is 10.0 Å². The molecule has 0 aliphatic heterocycles. The molecule has 1 aromatic carbocycles. The second-order valence-corrected chi connectivity index (χ2v) is 8.06. The summed E-state index contributed by atoms with van der Waals surface area (Å²) in [5.74, 6) is -0.992. The average molecular weight is 388 g/mol. The van der Waals surface area contributed by atoms with Crippen LogP contribution in [0.1, 0.15) is 35.6 Å². The highest BCUT2D eigenvalue weighted by atomic mass is 32.2. The predicted molar refractivity (Wildman–Crippen MR) is 88.3 cm³/mol. The number of nitrogens with zero attached hydrogens (tertiary/aromatic N) is 1. The minimum Gasteiger partial charge on any atom is -0.264 e. The maximum atomic E-state index is 14.4. The van der Waals surface area contributed by atoms with Crippen LogP contribution in [-0.4, -0.2) is 19.7 Å². The van der Waals surface area contributed by atoms with E-state index in [2.05, 4.69) is 9.71 Å². The van der Waals surface area contributed by atoms with Crippen LogP contribution in [0.2, 0.25) is 0 Å². The molecule has 0 unspecified atom stereocenters. The Morgan fingerprint density at radius 3 is 2.54 bits per heavy atom. The van der Waals surface area contributed by atoms with E-state index in [1.54, 1.807) is 0 Å². The normalized spacial score (nSPS) is 17.8. The largest absolute Gasteiger partial charge is 0.416 e. The van der Waals surface area contributed by atoms with Crippen LogP contribution >= 0.6 is 0 Å². The highest BCUT2D eigenvalue weighted by molar-refractivity contribution is 7.88. The number of hydrogen-bond acceptors (Lipinski definition) is 3. The van der Waals surface area contributed by atoms with E-state index in [0.717, 1.165) is 18.4 Å². The SMILES string of the molecule is CS(=O)(=O)N[C@@H]1CCCc2c(-c3ccc(C(F)(F)F)cc3F)cncc21. The molecule has 2 aromatic rings. The van der Waals surface area contributed by atoms with Crippen LogP contribution in [0.3, 0.4) is 0 Å². The molecule has 1 aromatic heterocycles. The smallest absolute Gasteiger partial charge is 0.264 e. The zero-order valence-electron chi connectivity index (χ0n) is 13.8. The molecule has 0 fully saturated rings. The first-order chi connectivity index (χ1) is 12.1. The first-order valence-electron chi connectivity index (χ1n) is 7.87. The van der Waals surface area contributed by atoms with Crippen LogP contribution in [0.15, 0.2) is 30.6 Å². The second kappa shape index (κ2) is 6.62. The minimum atomic E-state index is -4.63. The third-order valence-electron chi connectivity index (χ3n) is 4.33. The molecular weight excluding hydrogens is 372 g/mol. The lowest BCUT2D eigenvalue weighted by Crippen LogP contribution is -2.30. The summed E-state index contributed by atoms with van der Waals surface area (Å²) in [5.41, 5.74) is 0.661. The fraction of sp³-hybridized carbons (Fsp3) is 0.353. The van der Waals surface area contributed by atoms with E-state index in [1.165, 1.54) is 12.4 Å². The van der Waals surface area contributed by atoms with Gasteiger partial charge in [0.25, 0.3) is 0 Å². The van der Waals surface area contributed by atoms with Crippen LogP contribution in [0.4, 0.5) is 17.6 Å². The first-order valence-corrected chi connectivity index (χ1v) is 9.76. The summed E-state index contributed by atoms with van der Waals surface area (Å²) in [7, 11) is -3.45. The average Bonchev–Trinajstić information content (AvgIpc) is 2.52. The van der Waals surface area contributed by atoms with E-state index in [9.17, 15) is 26.0 Å². The lowest BCUT2D eigenvalue weighted by Gasteiger charge is -2.27. The molecule has 1 heterocycles. The number of benzene rings is 1. The molecule has 1 aliphatic rings. The van der Waals surface area contributed by atoms with Gasteiger partial charge >= 0.3 is 6.18 Å². The number of nitrogens with one attached hydrogen (secondary N) is 1. The van der Waals surface area contributed by atoms with E-state index in [1.807, 2.05) is 0 Å². The summed E-state index contributed by atoms with van der Waals surface area (Å²) >= 11 is 0. The summed E-state index contributed by atoms with van der Waals surface area (Å²) in [5, 5.41) is 0. The second-order valence-electron chi connectivity index (χ2n) is 6.28. The van der Waals surface area contributed by atoms with Gasteiger partial charge in [-0.15, -0.1) is 0 Å². The third-order valence-corrected chi connectivity index (χ3v) is 5.04. The summed E-state index contributed by atoms with van der Waals surface area (Å²) < 4.78 is 78.2. The molecule has 140 valence electrons. The van der Waals surface area contributed by atoms with Crippen molar-refractivity contribution in [3.63, 3.8) is 0 Å². The van der Waals surface area contributed by atoms with Crippen molar-refractivity contribution < 1.29 is 26.0 Å². The molecule has 4 nitrogen and oxygen atoms in total. The Bertz CT molecular complexity index is 942. The molecule has 0 radical (unpaired) electrons. The first kappa shape index (κ1) is 18.8. The number of sulfonamides is 1. The highest BCUT2D eigenvalue weighted by Gasteiger charge is 2.32. The zero-order valence-corrected chi connectivity index (χ0v) is 14.6. The number of halogens is 4. The maximum Gasteiger partial charge on any atom is 0.416 e. The van der Waals surface area contributed by atoms with Gasteiger partial charge in [0.05, 0.1) is 11.8 Å². The van der Waals surface area contributed by atoms with Gasteiger partial charge in [-0.1, -0.05) is 6.07 Å². The van der Waals surface area contributed by atoms with Gasteiger partial charge in [-0.05, 0) is 42.5 Å². The van der Waals surface area contributed by atoms with Crippen molar-refractivity contribution in [1.29, 1.82) is 0 Å². The maximum absolute atomic E-state index is 14.4. The molecule has 1 aliphatic carbocycles. The zero-order chi connectivity index (χ0) is 19.1. The number of fused-ring (bicyclic) bond motifs is 1. The monoisotopic (exact) mass is 388 g/mol. The van der Waals surface area contributed by atoms with Crippen LogP contribution in [-0.2, 0) is 22.6 Å². The molecule has 9 heteroatoms. The van der Waals surface area contributed by atoms with Gasteiger partial charge < -0.3 is 0 Å². The van der Waals surface area contributed by atoms with E-state index in [0.29, 0.717) is 42.0 Å². The summed E-state index contributed by atoms with van der Waals surface area (Å²) in [4.78, 5) is 4.04. The molecule has 0 saturated heterocycles. The number of aromatic nitrogens is 1. The summed E-state index contributed by atoms with van der Waals surface area (Å²) in [6.45, 7) is 0. The standard InChI is InChI=1S/C17H16F4N2O2S/c1-26(24,25)23-16-4-2-3-11-13(8-22-9-14(11)16)12-6-5-10(7-15(12)18)17(19,20)21/h5-9,16,23H,2-4H2,1H3/t16-/m1/s1. The number of rotatable bonds is 3. The molecule has 1 atom stereocenters. The molecular formula is C17H16F4N2O2S. The van der Waals surface area contributed by atoms with Gasteiger partial charge in [-0.2, -0.15) is 13.2 Å². The Balaban J connectivity index is 2.07. The van der Waals surface area contributed by atoms with E-state index < -0.39 is 33.6 Å². The number of alkyl halides is 3. The van der Waals surface area contributed by atoms with Crippen molar-refractivity contribution in [2.45, 2.75) is 31.5 Å². The lowest BCUT2D eigenvalue weighted by molar-refractivity contribution is -0.137. The van der Waals surface area contributed by atoms with E-state index >= 15 is 0 Å². The molecule has 3 rings (SSSR count). The van der Waals surface area contributed by atoms with Crippen LogP contribution in [0, 0.1) is 5.82 Å². The molecule has 0 spiro atoms. The Morgan fingerprint density at radius 1 is 1.19 bits per heavy atom. The third kappa shape index (κ3) is 3.88. The Labute approximate surface area is 148 Å². The highest BCUT2D eigenvalue weighted by Crippen LogP contribution is 2.38. The molecule has 0 bridgehead atoms. The fourth-order valence-electron chi connectivity index (χ4n) is 3.24. The Morgan fingerprint density at radius 2 is 1.92 bits per heavy atom. The van der Waals surface area contributed by atoms with Crippen molar-refractivity contribution in [3.8, 4) is 11.1 Å². The van der Waals surface area contributed by atoms with Crippen LogP contribution in [0.25, 0.3) is 11.1 Å². The molecule has 1 N–H and O–H groups in total. The molecule has 0 amide bonds. The van der Waals surface area contributed by atoms with Gasteiger partial charge in [-0.25, -0.2) is 17.5 Å².